The maximum atomic E-state index is 6.00. The Morgan fingerprint density at radius 1 is 1.47 bits per heavy atom. The first-order valence-electron chi connectivity index (χ1n) is 6.05. The summed E-state index contributed by atoms with van der Waals surface area (Å²) in [6, 6.07) is 0. The molecule has 0 aromatic rings. The van der Waals surface area contributed by atoms with E-state index in [-0.39, 0.29) is 18.3 Å². The third-order valence-corrected chi connectivity index (χ3v) is 3.17. The summed E-state index contributed by atoms with van der Waals surface area (Å²) in [4.78, 5) is 0. The molecule has 2 fully saturated rings. The molecule has 4 atom stereocenters. The second-order valence-corrected chi connectivity index (χ2v) is 4.39. The van der Waals surface area contributed by atoms with Gasteiger partial charge in [-0.2, -0.15) is 0 Å². The lowest BCUT2D eigenvalue weighted by atomic mass is 10.0. The molecule has 2 nitrogen and oxygen atoms in total. The van der Waals surface area contributed by atoms with E-state index in [4.69, 9.17) is 15.9 Å². The first-order chi connectivity index (χ1) is 8.26. The number of hydrogen-bond acceptors (Lipinski definition) is 2. The van der Waals surface area contributed by atoms with Crippen LogP contribution in [-0.2, 0) is 9.47 Å². The molecule has 2 aliphatic heterocycles. The van der Waals surface area contributed by atoms with E-state index in [1.807, 2.05) is 18.2 Å². The van der Waals surface area contributed by atoms with Gasteiger partial charge in [0.15, 0.2) is 0 Å². The van der Waals surface area contributed by atoms with Crippen LogP contribution in [0.5, 0.6) is 0 Å². The van der Waals surface area contributed by atoms with Crippen LogP contribution in [0.4, 0.5) is 0 Å². The Morgan fingerprint density at radius 2 is 2.29 bits per heavy atom. The normalized spacial score (nSPS) is 36.8. The standard InChI is InChI=1S/C15H18O2/c1-4-6-7-8-9-12-10-14-15(17-14)11(3)13(5-2)16-12/h1,6-9,12-15H,3,5,10H2,2H3/b7-6-,9-8+/t12-,13-,14+,15-/m1/s1. The van der Waals surface area contributed by atoms with Crippen LogP contribution in [0.15, 0.2) is 36.5 Å². The molecule has 2 saturated heterocycles. The van der Waals surface area contributed by atoms with Crippen molar-refractivity contribution in [2.75, 3.05) is 0 Å². The zero-order valence-electron chi connectivity index (χ0n) is 10.1. The van der Waals surface area contributed by atoms with Crippen molar-refractivity contribution in [1.82, 2.24) is 0 Å². The predicted octanol–water partition coefficient (Wildman–Crippen LogP) is 2.62. The highest BCUT2D eigenvalue weighted by Gasteiger charge is 2.47. The van der Waals surface area contributed by atoms with E-state index in [1.165, 1.54) is 0 Å². The molecule has 0 radical (unpaired) electrons. The molecule has 0 aliphatic carbocycles. The molecule has 0 spiro atoms. The minimum atomic E-state index is 0.0941. The van der Waals surface area contributed by atoms with Gasteiger partial charge in [0.1, 0.15) is 6.10 Å². The van der Waals surface area contributed by atoms with Gasteiger partial charge in [0.25, 0.3) is 0 Å². The summed E-state index contributed by atoms with van der Waals surface area (Å²) in [6.45, 7) is 6.19. The molecule has 2 rings (SSSR count). The average Bonchev–Trinajstić information content (AvgIpc) is 3.09. The summed E-state index contributed by atoms with van der Waals surface area (Å²) in [7, 11) is 0. The fourth-order valence-corrected chi connectivity index (χ4v) is 2.20. The van der Waals surface area contributed by atoms with Gasteiger partial charge in [-0.15, -0.1) is 6.42 Å². The fraction of sp³-hybridized carbons (Fsp3) is 0.467. The Hall–Kier alpha value is -1.30. The van der Waals surface area contributed by atoms with Gasteiger partial charge in [0.05, 0.1) is 18.3 Å². The van der Waals surface area contributed by atoms with Crippen LogP contribution in [0.1, 0.15) is 19.8 Å². The molecule has 2 heteroatoms. The van der Waals surface area contributed by atoms with Crippen LogP contribution in [0.2, 0.25) is 0 Å². The van der Waals surface area contributed by atoms with Gasteiger partial charge in [0.2, 0.25) is 0 Å². The molecule has 0 unspecified atom stereocenters. The zero-order chi connectivity index (χ0) is 12.3. The zero-order valence-corrected chi connectivity index (χ0v) is 10.1. The molecule has 0 N–H and O–H groups in total. The van der Waals surface area contributed by atoms with Crippen LogP contribution in [0, 0.1) is 12.3 Å². The van der Waals surface area contributed by atoms with Gasteiger partial charge < -0.3 is 9.47 Å². The van der Waals surface area contributed by atoms with Gasteiger partial charge in [-0.3, -0.25) is 0 Å². The average molecular weight is 230 g/mol. The molecule has 2 heterocycles. The molecule has 0 amide bonds. The highest BCUT2D eigenvalue weighted by Crippen LogP contribution is 2.39. The number of allylic oxidation sites excluding steroid dienone is 3. The lowest BCUT2D eigenvalue weighted by Gasteiger charge is -2.20. The van der Waals surface area contributed by atoms with Crippen molar-refractivity contribution in [3.05, 3.63) is 36.5 Å². The predicted molar refractivity (Wildman–Crippen MR) is 68.5 cm³/mol. The molecule has 17 heavy (non-hydrogen) atoms. The molecular weight excluding hydrogens is 212 g/mol. The lowest BCUT2D eigenvalue weighted by molar-refractivity contribution is 0.0229. The second kappa shape index (κ2) is 5.35. The van der Waals surface area contributed by atoms with Crippen molar-refractivity contribution >= 4 is 0 Å². The van der Waals surface area contributed by atoms with Crippen LogP contribution in [-0.4, -0.2) is 24.4 Å². The van der Waals surface area contributed by atoms with E-state index in [0.29, 0.717) is 6.10 Å². The maximum Gasteiger partial charge on any atom is 0.108 e. The summed E-state index contributed by atoms with van der Waals surface area (Å²) < 4.78 is 11.6. The van der Waals surface area contributed by atoms with Crippen LogP contribution in [0.3, 0.4) is 0 Å². The first kappa shape index (κ1) is 12.2. The maximum absolute atomic E-state index is 6.00. The Labute approximate surface area is 103 Å². The van der Waals surface area contributed by atoms with Crippen LogP contribution >= 0.6 is 0 Å². The summed E-state index contributed by atoms with van der Waals surface area (Å²) in [6.07, 6.45) is 15.2. The van der Waals surface area contributed by atoms with Gasteiger partial charge in [0, 0.05) is 6.42 Å². The smallest absolute Gasteiger partial charge is 0.108 e. The number of terminal acetylenes is 1. The van der Waals surface area contributed by atoms with Crippen LogP contribution < -0.4 is 0 Å². The Kier molecular flexibility index (Phi) is 3.83. The molecule has 0 bridgehead atoms. The number of hydrogen-bond donors (Lipinski definition) is 0. The second-order valence-electron chi connectivity index (χ2n) is 4.39. The van der Waals surface area contributed by atoms with Crippen LogP contribution in [0.25, 0.3) is 0 Å². The minimum Gasteiger partial charge on any atom is -0.366 e. The van der Waals surface area contributed by atoms with E-state index in [9.17, 15) is 0 Å². The highest BCUT2D eigenvalue weighted by molar-refractivity contribution is 5.22. The van der Waals surface area contributed by atoms with Gasteiger partial charge in [-0.05, 0) is 18.1 Å². The molecule has 0 saturated carbocycles. The van der Waals surface area contributed by atoms with Gasteiger partial charge in [-0.1, -0.05) is 37.7 Å². The summed E-state index contributed by atoms with van der Waals surface area (Å²) in [5.74, 6) is 2.45. The SMILES string of the molecule is C#C/C=C\C=C\[C@@H]1C[C@@H]2O[C@@H]2C(=C)[C@@H](CC)O1. The highest BCUT2D eigenvalue weighted by atomic mass is 16.6. The van der Waals surface area contributed by atoms with E-state index < -0.39 is 0 Å². The lowest BCUT2D eigenvalue weighted by Crippen LogP contribution is -2.21. The molecule has 0 aromatic carbocycles. The van der Waals surface area contributed by atoms with E-state index >= 15 is 0 Å². The van der Waals surface area contributed by atoms with Gasteiger partial charge in [-0.25, -0.2) is 0 Å². The van der Waals surface area contributed by atoms with Crippen molar-refractivity contribution in [3.8, 4) is 12.3 Å². The topological polar surface area (TPSA) is 21.8 Å². The largest absolute Gasteiger partial charge is 0.366 e. The van der Waals surface area contributed by atoms with Crippen molar-refractivity contribution in [2.24, 2.45) is 0 Å². The molecule has 2 aliphatic rings. The third-order valence-electron chi connectivity index (χ3n) is 3.17. The van der Waals surface area contributed by atoms with Crippen molar-refractivity contribution in [3.63, 3.8) is 0 Å². The summed E-state index contributed by atoms with van der Waals surface area (Å²) >= 11 is 0. The van der Waals surface area contributed by atoms with E-state index in [1.54, 1.807) is 6.08 Å². The first-order valence-corrected chi connectivity index (χ1v) is 6.05. The Bertz CT molecular complexity index is 386. The monoisotopic (exact) mass is 230 g/mol. The quantitative estimate of drug-likeness (QED) is 0.322. The van der Waals surface area contributed by atoms with E-state index in [0.717, 1.165) is 18.4 Å². The van der Waals surface area contributed by atoms with Gasteiger partial charge >= 0.3 is 0 Å². The van der Waals surface area contributed by atoms with Crippen molar-refractivity contribution < 1.29 is 9.47 Å². The minimum absolute atomic E-state index is 0.0941. The third kappa shape index (κ3) is 2.88. The molecule has 0 aromatic heterocycles. The summed E-state index contributed by atoms with van der Waals surface area (Å²) in [5.41, 5.74) is 1.09. The number of ether oxygens (including phenoxy) is 2. The van der Waals surface area contributed by atoms with Crippen molar-refractivity contribution in [2.45, 2.75) is 44.2 Å². The van der Waals surface area contributed by atoms with Crippen molar-refractivity contribution in [1.29, 1.82) is 0 Å². The van der Waals surface area contributed by atoms with E-state index in [2.05, 4.69) is 19.4 Å². The number of epoxide rings is 1. The molecular formula is C15H18O2. The Balaban J connectivity index is 1.99. The Morgan fingerprint density at radius 3 is 3.00 bits per heavy atom. The summed E-state index contributed by atoms with van der Waals surface area (Å²) in [5, 5.41) is 0. The fourth-order valence-electron chi connectivity index (χ4n) is 2.20. The number of rotatable bonds is 3. The number of fused-ring (bicyclic) bond motifs is 1. The molecule has 90 valence electrons.